The SMILES string of the molecule is C=C(C)C(=O)OC.C=C(C)C(=O)OCCO.C=CC(=O)OC.C=CC(=O)OCCO.C=Cc1ccccc1. The van der Waals surface area contributed by atoms with E-state index in [-0.39, 0.29) is 32.4 Å². The van der Waals surface area contributed by atoms with Crippen LogP contribution >= 0.6 is 0 Å². The van der Waals surface area contributed by atoms with E-state index in [0.717, 1.165) is 12.2 Å². The molecular formula is C28H40O10. The van der Waals surface area contributed by atoms with Crippen molar-refractivity contribution in [1.29, 1.82) is 0 Å². The van der Waals surface area contributed by atoms with Crippen LogP contribution in [0.4, 0.5) is 0 Å². The molecule has 0 amide bonds. The van der Waals surface area contributed by atoms with E-state index in [0.29, 0.717) is 11.1 Å². The number of methoxy groups -OCH3 is 2. The van der Waals surface area contributed by atoms with Crippen LogP contribution in [0.15, 0.2) is 86.5 Å². The zero-order valence-electron chi connectivity index (χ0n) is 22.6. The molecule has 2 N–H and O–H groups in total. The van der Waals surface area contributed by atoms with Crippen LogP contribution in [0.5, 0.6) is 0 Å². The van der Waals surface area contributed by atoms with Crippen molar-refractivity contribution in [2.45, 2.75) is 13.8 Å². The van der Waals surface area contributed by atoms with Crippen LogP contribution in [0.25, 0.3) is 6.08 Å². The van der Waals surface area contributed by atoms with Crippen LogP contribution in [0.2, 0.25) is 0 Å². The fourth-order valence-electron chi connectivity index (χ4n) is 1.31. The molecule has 0 atom stereocenters. The lowest BCUT2D eigenvalue weighted by atomic mass is 10.2. The van der Waals surface area contributed by atoms with Crippen LogP contribution in [-0.4, -0.2) is 74.7 Å². The topological polar surface area (TPSA) is 146 Å². The summed E-state index contributed by atoms with van der Waals surface area (Å²) >= 11 is 0. The molecule has 10 nitrogen and oxygen atoms in total. The predicted octanol–water partition coefficient (Wildman–Crippen LogP) is 3.22. The summed E-state index contributed by atoms with van der Waals surface area (Å²) in [5.74, 6) is -1.70. The Labute approximate surface area is 225 Å². The van der Waals surface area contributed by atoms with Gasteiger partial charge in [0.1, 0.15) is 13.2 Å². The number of esters is 4. The molecule has 0 fully saturated rings. The van der Waals surface area contributed by atoms with Crippen molar-refractivity contribution in [3.05, 3.63) is 92.1 Å². The van der Waals surface area contributed by atoms with Crippen LogP contribution in [0, 0.1) is 0 Å². The Hall–Kier alpha value is -4.28. The molecule has 0 unspecified atom stereocenters. The highest BCUT2D eigenvalue weighted by atomic mass is 16.5. The van der Waals surface area contributed by atoms with E-state index in [9.17, 15) is 19.2 Å². The number of hydrogen-bond donors (Lipinski definition) is 2. The summed E-state index contributed by atoms with van der Waals surface area (Å²) in [6, 6.07) is 10.0. The molecule has 0 heterocycles. The summed E-state index contributed by atoms with van der Waals surface area (Å²) in [5, 5.41) is 16.3. The lowest BCUT2D eigenvalue weighted by molar-refractivity contribution is -0.140. The summed E-state index contributed by atoms with van der Waals surface area (Å²) in [7, 11) is 2.64. The van der Waals surface area contributed by atoms with Gasteiger partial charge in [-0.25, -0.2) is 19.2 Å². The Balaban J connectivity index is -0.000000191. The molecule has 1 aromatic rings. The fourth-order valence-corrected chi connectivity index (χ4v) is 1.31. The molecular weight excluding hydrogens is 496 g/mol. The number of carbonyl (C=O) groups excluding carboxylic acids is 4. The van der Waals surface area contributed by atoms with Gasteiger partial charge in [-0.3, -0.25) is 0 Å². The first-order valence-electron chi connectivity index (χ1n) is 10.9. The number of aliphatic hydroxyl groups is 2. The summed E-state index contributed by atoms with van der Waals surface area (Å²) in [6.45, 7) is 19.6. The Morgan fingerprint density at radius 3 is 1.42 bits per heavy atom. The molecule has 0 radical (unpaired) electrons. The van der Waals surface area contributed by atoms with Gasteiger partial charge in [0.15, 0.2) is 0 Å². The van der Waals surface area contributed by atoms with Crippen LogP contribution in [-0.2, 0) is 38.1 Å². The van der Waals surface area contributed by atoms with Gasteiger partial charge < -0.3 is 29.2 Å². The fraction of sp³-hybridized carbons (Fsp3) is 0.286. The monoisotopic (exact) mass is 536 g/mol. The smallest absolute Gasteiger partial charge is 0.333 e. The van der Waals surface area contributed by atoms with Gasteiger partial charge in [-0.15, -0.1) is 0 Å². The number of benzene rings is 1. The molecule has 10 heteroatoms. The quantitative estimate of drug-likeness (QED) is 0.274. The summed E-state index contributed by atoms with van der Waals surface area (Å²) < 4.78 is 17.2. The summed E-state index contributed by atoms with van der Waals surface area (Å²) in [5.41, 5.74) is 1.96. The molecule has 0 bridgehead atoms. The standard InChI is InChI=1S/C8H8.C6H10O3.C5H8O3.C5H8O2.C4H6O2/c1-2-8-6-4-3-5-7-8;1-5(2)6(8)9-4-3-7;1-2-5(7)8-4-3-6;1-4(2)5(6)7-3;1-3-4(5)6-2/h2-7H,1H2;7H,1,3-4H2,2H3;2,6H,1,3-4H2;1H2,2-3H3;3H,1H2,2H3. The Kier molecular flexibility index (Phi) is 33.1. The third-order valence-electron chi connectivity index (χ3n) is 3.11. The highest BCUT2D eigenvalue weighted by Crippen LogP contribution is 1.97. The second-order valence-corrected chi connectivity index (χ2v) is 6.35. The van der Waals surface area contributed by atoms with Gasteiger partial charge in [0.2, 0.25) is 0 Å². The van der Waals surface area contributed by atoms with Gasteiger partial charge in [0.25, 0.3) is 0 Å². The maximum Gasteiger partial charge on any atom is 0.333 e. The zero-order chi connectivity index (χ0) is 30.4. The second-order valence-electron chi connectivity index (χ2n) is 6.35. The van der Waals surface area contributed by atoms with Crippen molar-refractivity contribution in [2.75, 3.05) is 40.6 Å². The minimum Gasteiger partial charge on any atom is -0.466 e. The molecule has 212 valence electrons. The van der Waals surface area contributed by atoms with Crippen LogP contribution in [0.3, 0.4) is 0 Å². The first-order chi connectivity index (χ1) is 17.9. The third kappa shape index (κ3) is 33.9. The molecule has 0 spiro atoms. The average Bonchev–Trinajstić information content (AvgIpc) is 2.95. The van der Waals surface area contributed by atoms with Crippen molar-refractivity contribution in [3.63, 3.8) is 0 Å². The van der Waals surface area contributed by atoms with Crippen LogP contribution in [0.1, 0.15) is 19.4 Å². The Morgan fingerprint density at radius 1 is 0.737 bits per heavy atom. The minimum atomic E-state index is -0.501. The van der Waals surface area contributed by atoms with Crippen molar-refractivity contribution in [3.8, 4) is 0 Å². The first-order valence-corrected chi connectivity index (χ1v) is 10.9. The van der Waals surface area contributed by atoms with E-state index < -0.39 is 17.9 Å². The molecule has 38 heavy (non-hydrogen) atoms. The molecule has 0 saturated carbocycles. The number of aliphatic hydroxyl groups excluding tert-OH is 2. The van der Waals surface area contributed by atoms with Gasteiger partial charge in [-0.2, -0.15) is 0 Å². The Bertz CT molecular complexity index is 858. The molecule has 0 aromatic heterocycles. The third-order valence-corrected chi connectivity index (χ3v) is 3.11. The minimum absolute atomic E-state index is 0.0465. The molecule has 0 aliphatic carbocycles. The number of rotatable bonds is 9. The largest absolute Gasteiger partial charge is 0.466 e. The van der Waals surface area contributed by atoms with Crippen molar-refractivity contribution >= 4 is 30.0 Å². The van der Waals surface area contributed by atoms with Gasteiger partial charge in [-0.1, -0.05) is 69.3 Å². The van der Waals surface area contributed by atoms with Crippen molar-refractivity contribution < 1.29 is 48.3 Å². The van der Waals surface area contributed by atoms with E-state index in [4.69, 9.17) is 10.2 Å². The predicted molar refractivity (Wildman–Crippen MR) is 147 cm³/mol. The van der Waals surface area contributed by atoms with Gasteiger partial charge in [0.05, 0.1) is 27.4 Å². The van der Waals surface area contributed by atoms with E-state index in [1.54, 1.807) is 13.8 Å². The Morgan fingerprint density at radius 2 is 1.18 bits per heavy atom. The highest BCUT2D eigenvalue weighted by Gasteiger charge is 2.00. The normalized spacial score (nSPS) is 8.05. The number of hydrogen-bond acceptors (Lipinski definition) is 10. The van der Waals surface area contributed by atoms with E-state index >= 15 is 0 Å². The van der Waals surface area contributed by atoms with Gasteiger partial charge in [0, 0.05) is 23.3 Å². The lowest BCUT2D eigenvalue weighted by Gasteiger charge is -1.99. The maximum atomic E-state index is 10.5. The molecule has 0 saturated heterocycles. The first kappa shape index (κ1) is 40.9. The molecule has 0 aliphatic rings. The van der Waals surface area contributed by atoms with Crippen molar-refractivity contribution in [2.24, 2.45) is 0 Å². The highest BCUT2D eigenvalue weighted by molar-refractivity contribution is 5.87. The number of ether oxygens (including phenoxy) is 4. The lowest BCUT2D eigenvalue weighted by Crippen LogP contribution is -2.08. The van der Waals surface area contributed by atoms with Gasteiger partial charge in [-0.05, 0) is 19.4 Å². The van der Waals surface area contributed by atoms with E-state index in [1.165, 1.54) is 19.8 Å². The summed E-state index contributed by atoms with van der Waals surface area (Å²) in [4.78, 5) is 40.6. The second kappa shape index (κ2) is 30.8. The molecule has 1 aromatic carbocycles. The molecule has 1 rings (SSSR count). The molecule has 0 aliphatic heterocycles. The average molecular weight is 537 g/mol. The zero-order valence-corrected chi connectivity index (χ0v) is 22.6. The summed E-state index contributed by atoms with van der Waals surface area (Å²) in [6.07, 6.45) is 4.00. The maximum absolute atomic E-state index is 10.5. The van der Waals surface area contributed by atoms with E-state index in [1.807, 2.05) is 36.4 Å². The number of carbonyl (C=O) groups is 4. The van der Waals surface area contributed by atoms with Gasteiger partial charge >= 0.3 is 23.9 Å². The van der Waals surface area contributed by atoms with Crippen LogP contribution < -0.4 is 0 Å². The van der Waals surface area contributed by atoms with Crippen molar-refractivity contribution in [1.82, 2.24) is 0 Å². The van der Waals surface area contributed by atoms with E-state index in [2.05, 4.69) is 51.8 Å².